The van der Waals surface area contributed by atoms with Crippen LogP contribution >= 0.6 is 0 Å². The van der Waals surface area contributed by atoms with Gasteiger partial charge in [0, 0.05) is 31.9 Å². The number of amides is 4. The monoisotopic (exact) mass is 370 g/mol. The van der Waals surface area contributed by atoms with E-state index < -0.39 is 5.91 Å². The summed E-state index contributed by atoms with van der Waals surface area (Å²) in [6.07, 6.45) is 0. The van der Waals surface area contributed by atoms with E-state index in [9.17, 15) is 18.8 Å². The minimum Gasteiger partial charge on any atom is -0.366 e. The van der Waals surface area contributed by atoms with E-state index in [1.54, 1.807) is 28.0 Å². The lowest BCUT2D eigenvalue weighted by Gasteiger charge is -2.35. The normalized spacial score (nSPS) is 14.0. The summed E-state index contributed by atoms with van der Waals surface area (Å²) in [6, 6.07) is 11.6. The third kappa shape index (κ3) is 4.22. The molecular formula is C19H19FN4O3. The summed E-state index contributed by atoms with van der Waals surface area (Å²) in [4.78, 5) is 39.7. The van der Waals surface area contributed by atoms with Gasteiger partial charge < -0.3 is 20.9 Å². The smallest absolute Gasteiger partial charge is 0.321 e. The maximum absolute atomic E-state index is 12.9. The first-order valence-corrected chi connectivity index (χ1v) is 8.45. The molecule has 1 heterocycles. The number of rotatable bonds is 3. The van der Waals surface area contributed by atoms with Gasteiger partial charge in [-0.25, -0.2) is 9.18 Å². The number of nitrogens with two attached hydrogens (primary N) is 1. The van der Waals surface area contributed by atoms with Crippen molar-refractivity contribution in [1.82, 2.24) is 9.80 Å². The second-order valence-corrected chi connectivity index (χ2v) is 6.13. The Morgan fingerprint density at radius 3 is 2.00 bits per heavy atom. The number of carbonyl (C=O) groups excluding carboxylic acids is 3. The highest BCUT2D eigenvalue weighted by Gasteiger charge is 2.26. The van der Waals surface area contributed by atoms with Gasteiger partial charge in [0.15, 0.2) is 0 Å². The van der Waals surface area contributed by atoms with Gasteiger partial charge >= 0.3 is 6.03 Å². The van der Waals surface area contributed by atoms with Crippen molar-refractivity contribution in [2.24, 2.45) is 5.73 Å². The lowest BCUT2D eigenvalue weighted by molar-refractivity contribution is 0.0668. The second-order valence-electron chi connectivity index (χ2n) is 6.13. The van der Waals surface area contributed by atoms with E-state index in [1.165, 1.54) is 30.3 Å². The molecule has 7 nitrogen and oxygen atoms in total. The third-order valence-electron chi connectivity index (χ3n) is 4.37. The van der Waals surface area contributed by atoms with Crippen molar-refractivity contribution in [3.8, 4) is 0 Å². The molecule has 0 unspecified atom stereocenters. The van der Waals surface area contributed by atoms with E-state index in [-0.39, 0.29) is 28.9 Å². The van der Waals surface area contributed by atoms with Gasteiger partial charge in [-0.1, -0.05) is 12.1 Å². The van der Waals surface area contributed by atoms with Crippen LogP contribution in [0.1, 0.15) is 20.7 Å². The highest BCUT2D eigenvalue weighted by atomic mass is 19.1. The number of hydrogen-bond donors (Lipinski definition) is 2. The first-order valence-electron chi connectivity index (χ1n) is 8.45. The molecule has 0 aromatic heterocycles. The van der Waals surface area contributed by atoms with Crippen LogP contribution in [0.4, 0.5) is 14.9 Å². The molecule has 140 valence electrons. The van der Waals surface area contributed by atoms with E-state index in [0.29, 0.717) is 31.9 Å². The van der Waals surface area contributed by atoms with Crippen LogP contribution in [0.25, 0.3) is 0 Å². The van der Waals surface area contributed by atoms with Crippen molar-refractivity contribution in [3.63, 3.8) is 0 Å². The first kappa shape index (κ1) is 18.4. The molecule has 1 saturated heterocycles. The Morgan fingerprint density at radius 2 is 1.41 bits per heavy atom. The predicted octanol–water partition coefficient (Wildman–Crippen LogP) is 1.91. The molecule has 3 N–H and O–H groups in total. The number of hydrogen-bond acceptors (Lipinski definition) is 3. The van der Waals surface area contributed by atoms with Gasteiger partial charge in [0.05, 0.1) is 11.1 Å². The Labute approximate surface area is 155 Å². The lowest BCUT2D eigenvalue weighted by Crippen LogP contribution is -2.51. The molecule has 2 aromatic rings. The van der Waals surface area contributed by atoms with Crippen molar-refractivity contribution in [2.75, 3.05) is 31.5 Å². The summed E-state index contributed by atoms with van der Waals surface area (Å²) >= 11 is 0. The fraction of sp³-hybridized carbons (Fsp3) is 0.211. The number of nitrogens with zero attached hydrogens (tertiary/aromatic N) is 2. The average molecular weight is 370 g/mol. The van der Waals surface area contributed by atoms with Crippen molar-refractivity contribution in [1.29, 1.82) is 0 Å². The Morgan fingerprint density at radius 1 is 0.852 bits per heavy atom. The van der Waals surface area contributed by atoms with Crippen LogP contribution in [0, 0.1) is 5.82 Å². The zero-order valence-electron chi connectivity index (χ0n) is 14.5. The van der Waals surface area contributed by atoms with Crippen LogP contribution in [0.5, 0.6) is 0 Å². The molecule has 4 amide bonds. The SMILES string of the molecule is NC(=O)c1ccccc1C(=O)N1CCN(C(=O)Nc2ccc(F)cc2)CC1. The lowest BCUT2D eigenvalue weighted by atomic mass is 10.1. The molecule has 0 aliphatic carbocycles. The quantitative estimate of drug-likeness (QED) is 0.864. The van der Waals surface area contributed by atoms with E-state index in [2.05, 4.69) is 5.32 Å². The molecule has 3 rings (SSSR count). The number of anilines is 1. The number of carbonyl (C=O) groups is 3. The van der Waals surface area contributed by atoms with Crippen molar-refractivity contribution < 1.29 is 18.8 Å². The molecule has 0 bridgehead atoms. The van der Waals surface area contributed by atoms with Gasteiger partial charge in [-0.15, -0.1) is 0 Å². The molecule has 1 aliphatic heterocycles. The summed E-state index contributed by atoms with van der Waals surface area (Å²) < 4.78 is 12.9. The minimum absolute atomic E-state index is 0.180. The molecule has 0 spiro atoms. The molecule has 0 saturated carbocycles. The molecule has 0 atom stereocenters. The van der Waals surface area contributed by atoms with Crippen LogP contribution in [0.3, 0.4) is 0 Å². The molecule has 8 heteroatoms. The van der Waals surface area contributed by atoms with Gasteiger partial charge in [-0.2, -0.15) is 0 Å². The number of benzene rings is 2. The summed E-state index contributed by atoms with van der Waals surface area (Å²) in [5.41, 5.74) is 6.27. The van der Waals surface area contributed by atoms with Crippen molar-refractivity contribution in [3.05, 3.63) is 65.5 Å². The highest BCUT2D eigenvalue weighted by Crippen LogP contribution is 2.15. The van der Waals surface area contributed by atoms with E-state index in [0.717, 1.165) is 0 Å². The zero-order chi connectivity index (χ0) is 19.4. The number of primary amides is 1. The van der Waals surface area contributed by atoms with E-state index in [1.807, 2.05) is 0 Å². The Bertz CT molecular complexity index is 862. The number of halogens is 1. The van der Waals surface area contributed by atoms with Crippen LogP contribution in [-0.2, 0) is 0 Å². The zero-order valence-corrected chi connectivity index (χ0v) is 14.5. The largest absolute Gasteiger partial charge is 0.366 e. The van der Waals surface area contributed by atoms with Crippen LogP contribution in [-0.4, -0.2) is 53.8 Å². The molecule has 1 aliphatic rings. The predicted molar refractivity (Wildman–Crippen MR) is 97.9 cm³/mol. The number of urea groups is 1. The Hall–Kier alpha value is -3.42. The van der Waals surface area contributed by atoms with Gasteiger partial charge in [-0.3, -0.25) is 9.59 Å². The van der Waals surface area contributed by atoms with Gasteiger partial charge in [0.1, 0.15) is 5.82 Å². The standard InChI is InChI=1S/C19H19FN4O3/c20-13-5-7-14(8-6-13)22-19(27)24-11-9-23(10-12-24)18(26)16-4-2-1-3-15(16)17(21)25/h1-8H,9-12H2,(H2,21,25)(H,22,27). The fourth-order valence-corrected chi connectivity index (χ4v) is 2.90. The van der Waals surface area contributed by atoms with E-state index >= 15 is 0 Å². The topological polar surface area (TPSA) is 95.7 Å². The molecule has 2 aromatic carbocycles. The Balaban J connectivity index is 1.60. The van der Waals surface area contributed by atoms with Gasteiger partial charge in [0.25, 0.3) is 5.91 Å². The Kier molecular flexibility index (Phi) is 5.35. The van der Waals surface area contributed by atoms with Crippen molar-refractivity contribution >= 4 is 23.5 Å². The summed E-state index contributed by atoms with van der Waals surface area (Å²) in [7, 11) is 0. The van der Waals surface area contributed by atoms with Crippen LogP contribution in [0.15, 0.2) is 48.5 Å². The number of piperazine rings is 1. The second kappa shape index (κ2) is 7.86. The number of nitrogens with one attached hydrogen (secondary N) is 1. The molecule has 1 fully saturated rings. The van der Waals surface area contributed by atoms with Crippen LogP contribution in [0.2, 0.25) is 0 Å². The van der Waals surface area contributed by atoms with Crippen molar-refractivity contribution in [2.45, 2.75) is 0 Å². The van der Waals surface area contributed by atoms with E-state index in [4.69, 9.17) is 5.73 Å². The maximum atomic E-state index is 12.9. The summed E-state index contributed by atoms with van der Waals surface area (Å²) in [5, 5.41) is 2.69. The summed E-state index contributed by atoms with van der Waals surface area (Å²) in [5.74, 6) is -1.32. The van der Waals surface area contributed by atoms with Gasteiger partial charge in [0.2, 0.25) is 5.91 Å². The molecule has 27 heavy (non-hydrogen) atoms. The first-order chi connectivity index (χ1) is 13.0. The summed E-state index contributed by atoms with van der Waals surface area (Å²) in [6.45, 7) is 1.36. The molecule has 0 radical (unpaired) electrons. The molecular weight excluding hydrogens is 351 g/mol. The highest BCUT2D eigenvalue weighted by molar-refractivity contribution is 6.06. The minimum atomic E-state index is -0.656. The fourth-order valence-electron chi connectivity index (χ4n) is 2.90. The van der Waals surface area contributed by atoms with Gasteiger partial charge in [-0.05, 0) is 36.4 Å². The third-order valence-corrected chi connectivity index (χ3v) is 4.37. The van der Waals surface area contributed by atoms with Crippen LogP contribution < -0.4 is 11.1 Å². The average Bonchev–Trinajstić information content (AvgIpc) is 2.69. The maximum Gasteiger partial charge on any atom is 0.321 e.